The molecule has 0 nitrogen and oxygen atoms in total. The zero-order valence-corrected chi connectivity index (χ0v) is 5.78. The highest BCUT2D eigenvalue weighted by Crippen LogP contribution is 2.62. The summed E-state index contributed by atoms with van der Waals surface area (Å²) in [5.74, 6) is 2.18. The molecule has 2 bridgehead atoms. The average molecular weight is 110 g/mol. The molecule has 0 heteroatoms. The van der Waals surface area contributed by atoms with E-state index in [-0.39, 0.29) is 0 Å². The summed E-state index contributed by atoms with van der Waals surface area (Å²) in [6, 6.07) is 0. The number of hydrogen-bond acceptors (Lipinski definition) is 0. The fourth-order valence-corrected chi connectivity index (χ4v) is 2.57. The van der Waals surface area contributed by atoms with E-state index >= 15 is 0 Å². The first-order valence-electron chi connectivity index (χ1n) is 3.72. The van der Waals surface area contributed by atoms with Crippen molar-refractivity contribution in [3.63, 3.8) is 0 Å². The molecule has 0 amide bonds. The highest BCUT2D eigenvalue weighted by Gasteiger charge is 2.52. The number of hydrogen-bond donors (Lipinski definition) is 0. The van der Waals surface area contributed by atoms with Crippen LogP contribution >= 0.6 is 0 Å². The van der Waals surface area contributed by atoms with Gasteiger partial charge in [0.1, 0.15) is 0 Å². The maximum Gasteiger partial charge on any atom is -0.0295 e. The fraction of sp³-hybridized carbons (Fsp3) is 1.00. The van der Waals surface area contributed by atoms with Crippen LogP contribution in [0.4, 0.5) is 0 Å². The standard InChI is InChI=1S/C8H14/c1-6-7-3-4-8(6,2)5-7/h6-7H,3-5H2,1-2H3/t6-,7?,8?/m1/s1. The molecular weight excluding hydrogens is 96.1 g/mol. The highest BCUT2D eigenvalue weighted by atomic mass is 14.6. The van der Waals surface area contributed by atoms with Gasteiger partial charge < -0.3 is 0 Å². The Morgan fingerprint density at radius 2 is 2.25 bits per heavy atom. The van der Waals surface area contributed by atoms with Crippen LogP contribution in [0, 0.1) is 17.3 Å². The third kappa shape index (κ3) is 0.340. The van der Waals surface area contributed by atoms with Crippen LogP contribution < -0.4 is 0 Å². The number of fused-ring (bicyclic) bond motifs is 1. The lowest BCUT2D eigenvalue weighted by Gasteiger charge is -2.42. The summed E-state index contributed by atoms with van der Waals surface area (Å²) in [5, 5.41) is 0. The van der Waals surface area contributed by atoms with E-state index in [1.54, 1.807) is 0 Å². The molecule has 2 unspecified atom stereocenters. The highest BCUT2D eigenvalue weighted by molar-refractivity contribution is 5.02. The van der Waals surface area contributed by atoms with Crippen LogP contribution in [0.5, 0.6) is 0 Å². The van der Waals surface area contributed by atoms with Crippen molar-refractivity contribution in [2.24, 2.45) is 17.3 Å². The van der Waals surface area contributed by atoms with Gasteiger partial charge in [0.25, 0.3) is 0 Å². The SMILES string of the molecule is C[C@@H]1C2CCC1(C)C2. The Morgan fingerprint density at radius 1 is 1.50 bits per heavy atom. The van der Waals surface area contributed by atoms with E-state index < -0.39 is 0 Å². The largest absolute Gasteiger partial charge is 0.0617 e. The monoisotopic (exact) mass is 110 g/mol. The second-order valence-corrected chi connectivity index (χ2v) is 3.95. The molecule has 0 radical (unpaired) electrons. The Morgan fingerprint density at radius 3 is 2.38 bits per heavy atom. The van der Waals surface area contributed by atoms with Crippen molar-refractivity contribution < 1.29 is 0 Å². The number of rotatable bonds is 0. The van der Waals surface area contributed by atoms with Crippen molar-refractivity contribution in [3.8, 4) is 0 Å². The van der Waals surface area contributed by atoms with Gasteiger partial charge in [0.15, 0.2) is 0 Å². The molecule has 3 aliphatic rings. The predicted molar refractivity (Wildman–Crippen MR) is 34.6 cm³/mol. The van der Waals surface area contributed by atoms with E-state index in [9.17, 15) is 0 Å². The maximum absolute atomic E-state index is 2.45. The normalized spacial score (nSPS) is 60.8. The Kier molecular flexibility index (Phi) is 0.678. The van der Waals surface area contributed by atoms with Gasteiger partial charge in [0.2, 0.25) is 0 Å². The molecule has 3 aliphatic carbocycles. The van der Waals surface area contributed by atoms with Crippen molar-refractivity contribution in [1.82, 2.24) is 0 Å². The van der Waals surface area contributed by atoms with E-state index in [0.717, 1.165) is 17.3 Å². The average Bonchev–Trinajstić information content (AvgIpc) is 2.21. The van der Waals surface area contributed by atoms with E-state index in [4.69, 9.17) is 0 Å². The van der Waals surface area contributed by atoms with Crippen LogP contribution in [0.3, 0.4) is 0 Å². The molecule has 0 spiro atoms. The van der Waals surface area contributed by atoms with Crippen molar-refractivity contribution in [3.05, 3.63) is 0 Å². The molecule has 3 atom stereocenters. The van der Waals surface area contributed by atoms with Gasteiger partial charge in [-0.3, -0.25) is 0 Å². The van der Waals surface area contributed by atoms with Gasteiger partial charge in [-0.25, -0.2) is 0 Å². The van der Waals surface area contributed by atoms with Gasteiger partial charge in [0, 0.05) is 0 Å². The molecule has 0 aliphatic heterocycles. The van der Waals surface area contributed by atoms with Gasteiger partial charge in [-0.05, 0) is 36.5 Å². The lowest BCUT2D eigenvalue weighted by molar-refractivity contribution is 0.0671. The molecule has 0 saturated heterocycles. The second-order valence-electron chi connectivity index (χ2n) is 3.95. The summed E-state index contributed by atoms with van der Waals surface area (Å²) in [5.41, 5.74) is 0.796. The predicted octanol–water partition coefficient (Wildman–Crippen LogP) is 2.44. The van der Waals surface area contributed by atoms with Crippen molar-refractivity contribution in [1.29, 1.82) is 0 Å². The van der Waals surface area contributed by atoms with Crippen molar-refractivity contribution in [2.75, 3.05) is 0 Å². The van der Waals surface area contributed by atoms with Crippen LogP contribution in [0.1, 0.15) is 33.1 Å². The molecule has 46 valence electrons. The third-order valence-corrected chi connectivity index (χ3v) is 3.62. The van der Waals surface area contributed by atoms with Crippen molar-refractivity contribution in [2.45, 2.75) is 33.1 Å². The minimum atomic E-state index is 0.796. The Balaban J connectivity index is 2.22. The Labute approximate surface area is 51.3 Å². The molecule has 3 rings (SSSR count). The molecule has 0 aromatic rings. The van der Waals surface area contributed by atoms with Gasteiger partial charge in [-0.15, -0.1) is 0 Å². The first-order chi connectivity index (χ1) is 3.72. The van der Waals surface area contributed by atoms with Crippen LogP contribution in [0.15, 0.2) is 0 Å². The molecule has 0 heterocycles. The minimum absolute atomic E-state index is 0.796. The van der Waals surface area contributed by atoms with Gasteiger partial charge in [0.05, 0.1) is 0 Å². The van der Waals surface area contributed by atoms with Crippen LogP contribution in [0.2, 0.25) is 0 Å². The smallest absolute Gasteiger partial charge is 0.0295 e. The van der Waals surface area contributed by atoms with Gasteiger partial charge in [-0.1, -0.05) is 13.8 Å². The first-order valence-corrected chi connectivity index (χ1v) is 3.72. The lowest BCUT2D eigenvalue weighted by atomic mass is 9.62. The zero-order chi connectivity index (χ0) is 5.78. The quantitative estimate of drug-likeness (QED) is 0.449. The van der Waals surface area contributed by atoms with Gasteiger partial charge >= 0.3 is 0 Å². The Bertz CT molecular complexity index is 113. The summed E-state index contributed by atoms with van der Waals surface area (Å²) >= 11 is 0. The fourth-order valence-electron chi connectivity index (χ4n) is 2.57. The summed E-state index contributed by atoms with van der Waals surface area (Å²) < 4.78 is 0. The molecule has 0 aromatic heterocycles. The molecule has 0 aromatic carbocycles. The molecule has 8 heavy (non-hydrogen) atoms. The van der Waals surface area contributed by atoms with E-state index in [2.05, 4.69) is 13.8 Å². The van der Waals surface area contributed by atoms with Crippen LogP contribution in [-0.4, -0.2) is 0 Å². The van der Waals surface area contributed by atoms with E-state index in [1.807, 2.05) is 0 Å². The minimum Gasteiger partial charge on any atom is -0.0617 e. The zero-order valence-electron chi connectivity index (χ0n) is 5.78. The Hall–Kier alpha value is 0. The van der Waals surface area contributed by atoms with E-state index in [1.165, 1.54) is 19.3 Å². The van der Waals surface area contributed by atoms with Crippen LogP contribution in [-0.2, 0) is 0 Å². The molecule has 3 saturated carbocycles. The molecule has 3 fully saturated rings. The second kappa shape index (κ2) is 1.12. The lowest BCUT2D eigenvalue weighted by Crippen LogP contribution is -2.34. The third-order valence-electron chi connectivity index (χ3n) is 3.62. The summed E-state index contributed by atoms with van der Waals surface area (Å²) in [4.78, 5) is 0. The van der Waals surface area contributed by atoms with Gasteiger partial charge in [-0.2, -0.15) is 0 Å². The van der Waals surface area contributed by atoms with E-state index in [0.29, 0.717) is 0 Å². The summed E-state index contributed by atoms with van der Waals surface area (Å²) in [6.07, 6.45) is 4.57. The maximum atomic E-state index is 2.45. The van der Waals surface area contributed by atoms with Crippen LogP contribution in [0.25, 0.3) is 0 Å². The molecular formula is C8H14. The summed E-state index contributed by atoms with van der Waals surface area (Å²) in [7, 11) is 0. The molecule has 0 N–H and O–H groups in total. The van der Waals surface area contributed by atoms with Crippen molar-refractivity contribution >= 4 is 0 Å². The topological polar surface area (TPSA) is 0 Å². The summed E-state index contributed by atoms with van der Waals surface area (Å²) in [6.45, 7) is 4.86. The first kappa shape index (κ1) is 4.84.